The highest BCUT2D eigenvalue weighted by Gasteiger charge is 2.73. The summed E-state index contributed by atoms with van der Waals surface area (Å²) in [6.07, 6.45) is 3.29. The van der Waals surface area contributed by atoms with Gasteiger partial charge in [-0.2, -0.15) is 0 Å². The van der Waals surface area contributed by atoms with Crippen LogP contribution >= 0.6 is 0 Å². The van der Waals surface area contributed by atoms with Gasteiger partial charge in [0.1, 0.15) is 5.75 Å². The lowest BCUT2D eigenvalue weighted by atomic mass is 9.53. The molecule has 148 valence electrons. The largest absolute Gasteiger partial charge is 0.497 e. The van der Waals surface area contributed by atoms with Crippen molar-refractivity contribution in [3.8, 4) is 5.75 Å². The summed E-state index contributed by atoms with van der Waals surface area (Å²) in [6, 6.07) is 6.64. The van der Waals surface area contributed by atoms with Gasteiger partial charge in [0.25, 0.3) is 0 Å². The lowest BCUT2D eigenvalue weighted by Crippen LogP contribution is -2.63. The van der Waals surface area contributed by atoms with Gasteiger partial charge in [0.05, 0.1) is 37.4 Å². The fraction of sp³-hybridized carbons (Fsp3) is 0.591. The Morgan fingerprint density at radius 1 is 1.39 bits per heavy atom. The molecule has 0 radical (unpaired) electrons. The van der Waals surface area contributed by atoms with Crippen LogP contribution < -0.4 is 10.1 Å². The quantitative estimate of drug-likeness (QED) is 0.640. The Kier molecular flexibility index (Phi) is 3.19. The lowest BCUT2D eigenvalue weighted by Gasteiger charge is -2.54. The molecule has 4 heterocycles. The average molecular weight is 382 g/mol. The van der Waals surface area contributed by atoms with Gasteiger partial charge >= 0.3 is 5.97 Å². The monoisotopic (exact) mass is 382 g/mol. The third-order valence-corrected chi connectivity index (χ3v) is 8.04. The minimum absolute atomic E-state index is 0.0460. The Morgan fingerprint density at radius 2 is 2.25 bits per heavy atom. The SMILES string of the molecule is CC[C@@]12CC(C(=O)OC)=C3Nc4cc(OC)ccc4[C@@]34CCN(C[C@H]3O[C@H]31)[C@@H]24. The van der Waals surface area contributed by atoms with Crippen LogP contribution in [0.15, 0.2) is 29.5 Å². The van der Waals surface area contributed by atoms with E-state index < -0.39 is 0 Å². The van der Waals surface area contributed by atoms with E-state index in [-0.39, 0.29) is 22.9 Å². The lowest BCUT2D eigenvalue weighted by molar-refractivity contribution is -0.137. The highest BCUT2D eigenvalue weighted by atomic mass is 16.6. The minimum Gasteiger partial charge on any atom is -0.497 e. The number of hydrogen-bond donors (Lipinski definition) is 1. The number of carbonyl (C=O) groups excluding carboxylic acids is 1. The summed E-state index contributed by atoms with van der Waals surface area (Å²) in [5.41, 5.74) is 3.95. The summed E-state index contributed by atoms with van der Waals surface area (Å²) in [5.74, 6) is 0.613. The van der Waals surface area contributed by atoms with Crippen LogP contribution in [-0.2, 0) is 19.7 Å². The maximum atomic E-state index is 12.9. The van der Waals surface area contributed by atoms with Crippen molar-refractivity contribution in [3.05, 3.63) is 35.0 Å². The average Bonchev–Trinajstić information content (AvgIpc) is 3.31. The molecular weight excluding hydrogens is 356 g/mol. The maximum absolute atomic E-state index is 12.9. The number of rotatable bonds is 3. The summed E-state index contributed by atoms with van der Waals surface area (Å²) < 4.78 is 16.9. The number of anilines is 1. The molecule has 4 aliphatic heterocycles. The fourth-order valence-corrected chi connectivity index (χ4v) is 6.97. The van der Waals surface area contributed by atoms with Crippen molar-refractivity contribution in [2.45, 2.75) is 49.9 Å². The van der Waals surface area contributed by atoms with Gasteiger partial charge in [-0.05, 0) is 37.4 Å². The molecule has 0 bridgehead atoms. The molecular formula is C22H26N2O4. The molecule has 28 heavy (non-hydrogen) atoms. The number of piperidine rings is 1. The molecule has 5 aliphatic rings. The highest BCUT2D eigenvalue weighted by Crippen LogP contribution is 2.68. The van der Waals surface area contributed by atoms with E-state index in [2.05, 4.69) is 29.3 Å². The molecule has 5 atom stereocenters. The predicted molar refractivity (Wildman–Crippen MR) is 103 cm³/mol. The molecule has 6 heteroatoms. The fourth-order valence-electron chi connectivity index (χ4n) is 6.97. The van der Waals surface area contributed by atoms with Gasteiger partial charge in [-0.15, -0.1) is 0 Å². The molecule has 0 saturated carbocycles. The number of methoxy groups -OCH3 is 2. The topological polar surface area (TPSA) is 63.3 Å². The van der Waals surface area contributed by atoms with Crippen LogP contribution in [0.4, 0.5) is 5.69 Å². The van der Waals surface area contributed by atoms with E-state index in [9.17, 15) is 4.79 Å². The summed E-state index contributed by atoms with van der Waals surface area (Å²) in [7, 11) is 3.17. The Labute approximate surface area is 164 Å². The van der Waals surface area contributed by atoms with Gasteiger partial charge in [0.15, 0.2) is 0 Å². The third-order valence-electron chi connectivity index (χ3n) is 8.04. The van der Waals surface area contributed by atoms with E-state index in [0.29, 0.717) is 18.6 Å². The predicted octanol–water partition coefficient (Wildman–Crippen LogP) is 2.44. The number of carbonyl (C=O) groups is 1. The standard InChI is InChI=1S/C22H26N2O4/c1-4-21-10-13(19(25)27-3)17-22(14-6-5-12(26-2)9-15(14)23-17)7-8-24(20(21)22)11-16-18(21)28-16/h5-6,9,16,18,20,23H,4,7-8,10-11H2,1-3H3/t16-,18-,20+,21-,22+/m1/s1. The molecule has 3 saturated heterocycles. The zero-order valence-electron chi connectivity index (χ0n) is 16.6. The number of fused-ring (bicyclic) bond motifs is 3. The third kappa shape index (κ3) is 1.75. The van der Waals surface area contributed by atoms with Crippen LogP contribution in [0.3, 0.4) is 0 Å². The summed E-state index contributed by atoms with van der Waals surface area (Å²) >= 11 is 0. The number of ether oxygens (including phenoxy) is 3. The van der Waals surface area contributed by atoms with Crippen LogP contribution in [0.2, 0.25) is 0 Å². The van der Waals surface area contributed by atoms with E-state index in [1.165, 1.54) is 12.7 Å². The second-order valence-corrected chi connectivity index (χ2v) is 8.86. The van der Waals surface area contributed by atoms with E-state index in [1.807, 2.05) is 6.07 Å². The Bertz CT molecular complexity index is 927. The normalized spacial score (nSPS) is 39.5. The Morgan fingerprint density at radius 3 is 3.00 bits per heavy atom. The van der Waals surface area contributed by atoms with Crippen LogP contribution in [0.5, 0.6) is 5.75 Å². The van der Waals surface area contributed by atoms with Crippen LogP contribution in [0, 0.1) is 5.41 Å². The van der Waals surface area contributed by atoms with Gasteiger partial charge in [0.2, 0.25) is 0 Å². The molecule has 0 amide bonds. The van der Waals surface area contributed by atoms with Crippen molar-refractivity contribution in [3.63, 3.8) is 0 Å². The van der Waals surface area contributed by atoms with Crippen LogP contribution in [-0.4, -0.2) is 56.4 Å². The second-order valence-electron chi connectivity index (χ2n) is 8.86. The summed E-state index contributed by atoms with van der Waals surface area (Å²) in [6.45, 7) is 4.29. The summed E-state index contributed by atoms with van der Waals surface area (Å²) in [5, 5.41) is 3.63. The van der Waals surface area contributed by atoms with E-state index in [1.54, 1.807) is 7.11 Å². The molecule has 1 aromatic carbocycles. The van der Waals surface area contributed by atoms with Crippen molar-refractivity contribution in [1.82, 2.24) is 4.90 Å². The first-order valence-electron chi connectivity index (χ1n) is 10.3. The zero-order valence-corrected chi connectivity index (χ0v) is 16.6. The molecule has 0 aromatic heterocycles. The molecule has 6 rings (SSSR count). The first-order valence-corrected chi connectivity index (χ1v) is 10.3. The van der Waals surface area contributed by atoms with Gasteiger partial charge in [-0.25, -0.2) is 4.79 Å². The molecule has 0 unspecified atom stereocenters. The Hall–Kier alpha value is -2.05. The van der Waals surface area contributed by atoms with Gasteiger partial charge in [-0.1, -0.05) is 13.0 Å². The van der Waals surface area contributed by atoms with Crippen molar-refractivity contribution in [1.29, 1.82) is 0 Å². The summed E-state index contributed by atoms with van der Waals surface area (Å²) in [4.78, 5) is 15.5. The smallest absolute Gasteiger partial charge is 0.335 e. The first-order chi connectivity index (χ1) is 13.6. The van der Waals surface area contributed by atoms with Crippen LogP contribution in [0.1, 0.15) is 31.7 Å². The van der Waals surface area contributed by atoms with E-state index in [4.69, 9.17) is 14.2 Å². The first kappa shape index (κ1) is 16.9. The molecule has 1 aliphatic carbocycles. The number of nitrogens with zero attached hydrogens (tertiary/aromatic N) is 1. The van der Waals surface area contributed by atoms with Gasteiger partial charge in [-0.3, -0.25) is 4.90 Å². The number of nitrogens with one attached hydrogen (secondary N) is 1. The number of hydrogen-bond acceptors (Lipinski definition) is 6. The van der Waals surface area contributed by atoms with Gasteiger partial charge < -0.3 is 19.5 Å². The number of benzene rings is 1. The van der Waals surface area contributed by atoms with Crippen molar-refractivity contribution in [2.24, 2.45) is 5.41 Å². The molecule has 6 nitrogen and oxygen atoms in total. The van der Waals surface area contributed by atoms with Crippen molar-refractivity contribution >= 4 is 11.7 Å². The van der Waals surface area contributed by atoms with Gasteiger partial charge in [0, 0.05) is 35.5 Å². The molecule has 1 aromatic rings. The van der Waals surface area contributed by atoms with Crippen LogP contribution in [0.25, 0.3) is 0 Å². The van der Waals surface area contributed by atoms with Crippen molar-refractivity contribution < 1.29 is 19.0 Å². The molecule has 1 spiro atoms. The number of esters is 1. The minimum atomic E-state index is -0.214. The highest BCUT2D eigenvalue weighted by molar-refractivity contribution is 5.93. The van der Waals surface area contributed by atoms with Crippen molar-refractivity contribution in [2.75, 3.05) is 32.6 Å². The molecule has 1 N–H and O–H groups in total. The Balaban J connectivity index is 1.63. The van der Waals surface area contributed by atoms with E-state index >= 15 is 0 Å². The van der Waals surface area contributed by atoms with E-state index in [0.717, 1.165) is 48.6 Å². The molecule has 3 fully saturated rings. The second kappa shape index (κ2) is 5.30. The maximum Gasteiger partial charge on any atom is 0.335 e. The zero-order chi connectivity index (χ0) is 19.3. The number of epoxide rings is 1.